The Balaban J connectivity index is 1.46. The van der Waals surface area contributed by atoms with Crippen LogP contribution >= 0.6 is 0 Å². The van der Waals surface area contributed by atoms with Crippen LogP contribution < -0.4 is 5.32 Å². The fourth-order valence-corrected chi connectivity index (χ4v) is 2.07. The summed E-state index contributed by atoms with van der Waals surface area (Å²) in [5.41, 5.74) is 1.52. The van der Waals surface area contributed by atoms with Crippen LogP contribution in [0.1, 0.15) is 23.4 Å². The average Bonchev–Trinajstić information content (AvgIpc) is 3.29. The zero-order chi connectivity index (χ0) is 16.8. The van der Waals surface area contributed by atoms with Gasteiger partial charge >= 0.3 is 0 Å². The van der Waals surface area contributed by atoms with Crippen molar-refractivity contribution >= 4 is 5.91 Å². The first-order chi connectivity index (χ1) is 11.7. The van der Waals surface area contributed by atoms with E-state index >= 15 is 0 Å². The fraction of sp³-hybridized carbons (Fsp3) is 0.176. The van der Waals surface area contributed by atoms with Gasteiger partial charge in [-0.15, -0.1) is 0 Å². The van der Waals surface area contributed by atoms with Crippen LogP contribution in [0.3, 0.4) is 0 Å². The predicted octanol–water partition coefficient (Wildman–Crippen LogP) is 2.45. The monoisotopic (exact) mass is 322 g/mol. The normalized spacial score (nSPS) is 10.3. The molecule has 1 aromatic carbocycles. The number of hydrogen-bond donors (Lipinski definition) is 1. The minimum Gasteiger partial charge on any atom is -0.461 e. The Morgan fingerprint density at radius 2 is 2.08 bits per heavy atom. The number of nitrogens with zero attached hydrogens (tertiary/aromatic N) is 3. The average molecular weight is 322 g/mol. The molecule has 0 bridgehead atoms. The van der Waals surface area contributed by atoms with E-state index in [9.17, 15) is 4.79 Å². The lowest BCUT2D eigenvalue weighted by molar-refractivity contribution is -0.121. The Labute approximate surface area is 137 Å². The smallest absolute Gasteiger partial charge is 0.238 e. The summed E-state index contributed by atoms with van der Waals surface area (Å²) in [6, 6.07) is 12.6. The van der Waals surface area contributed by atoms with E-state index in [-0.39, 0.29) is 12.3 Å². The van der Waals surface area contributed by atoms with Crippen LogP contribution in [0.2, 0.25) is 0 Å². The Morgan fingerprint density at radius 1 is 1.25 bits per heavy atom. The van der Waals surface area contributed by atoms with E-state index in [0.717, 1.165) is 5.56 Å². The number of nitriles is 1. The SMILES string of the molecule is N#Cc1ccc(CNC(=O)CCc2nc(-c3ccco3)no2)cc1. The molecule has 2 heterocycles. The number of amides is 1. The van der Waals surface area contributed by atoms with Gasteiger partial charge in [-0.1, -0.05) is 17.3 Å². The highest BCUT2D eigenvalue weighted by Gasteiger charge is 2.12. The van der Waals surface area contributed by atoms with Crippen molar-refractivity contribution in [1.82, 2.24) is 15.5 Å². The molecule has 3 rings (SSSR count). The van der Waals surface area contributed by atoms with E-state index < -0.39 is 0 Å². The first-order valence-corrected chi connectivity index (χ1v) is 7.37. The van der Waals surface area contributed by atoms with E-state index in [1.807, 2.05) is 12.1 Å². The van der Waals surface area contributed by atoms with Crippen molar-refractivity contribution in [1.29, 1.82) is 5.26 Å². The van der Waals surface area contributed by atoms with Crippen molar-refractivity contribution in [3.8, 4) is 17.7 Å². The maximum Gasteiger partial charge on any atom is 0.238 e. The van der Waals surface area contributed by atoms with E-state index in [4.69, 9.17) is 14.2 Å². The zero-order valence-electron chi connectivity index (χ0n) is 12.7. The van der Waals surface area contributed by atoms with Gasteiger partial charge in [-0.05, 0) is 29.8 Å². The lowest BCUT2D eigenvalue weighted by atomic mass is 10.1. The molecule has 1 N–H and O–H groups in total. The summed E-state index contributed by atoms with van der Waals surface area (Å²) in [5, 5.41) is 15.4. The van der Waals surface area contributed by atoms with Crippen molar-refractivity contribution in [3.63, 3.8) is 0 Å². The van der Waals surface area contributed by atoms with E-state index in [1.54, 1.807) is 24.3 Å². The third kappa shape index (κ3) is 3.87. The van der Waals surface area contributed by atoms with E-state index in [0.29, 0.717) is 36.0 Å². The molecule has 2 aromatic heterocycles. The Bertz CT molecular complexity index is 845. The summed E-state index contributed by atoms with van der Waals surface area (Å²) in [7, 11) is 0. The third-order valence-corrected chi connectivity index (χ3v) is 3.35. The van der Waals surface area contributed by atoms with Crippen molar-refractivity contribution in [2.75, 3.05) is 0 Å². The van der Waals surface area contributed by atoms with Crippen LogP contribution in [-0.2, 0) is 17.8 Å². The molecular weight excluding hydrogens is 308 g/mol. The number of nitrogens with one attached hydrogen (secondary N) is 1. The molecule has 120 valence electrons. The molecule has 0 saturated heterocycles. The number of furan rings is 1. The van der Waals surface area contributed by atoms with Gasteiger partial charge in [0.25, 0.3) is 0 Å². The molecule has 0 aliphatic carbocycles. The minimum atomic E-state index is -0.114. The molecule has 7 nitrogen and oxygen atoms in total. The number of rotatable bonds is 6. The maximum absolute atomic E-state index is 11.9. The number of carbonyl (C=O) groups is 1. The van der Waals surface area contributed by atoms with Crippen LogP contribution in [0.25, 0.3) is 11.6 Å². The molecule has 1 amide bonds. The molecule has 3 aromatic rings. The predicted molar refractivity (Wildman–Crippen MR) is 83.3 cm³/mol. The van der Waals surface area contributed by atoms with Crippen LogP contribution in [0.5, 0.6) is 0 Å². The second-order valence-electron chi connectivity index (χ2n) is 5.07. The second kappa shape index (κ2) is 7.24. The van der Waals surface area contributed by atoms with Crippen LogP contribution in [0.4, 0.5) is 0 Å². The topological polar surface area (TPSA) is 105 Å². The molecule has 0 spiro atoms. The molecule has 7 heteroatoms. The third-order valence-electron chi connectivity index (χ3n) is 3.35. The molecule has 0 saturated carbocycles. The quantitative estimate of drug-likeness (QED) is 0.747. The van der Waals surface area contributed by atoms with Crippen molar-refractivity contribution in [2.24, 2.45) is 0 Å². The van der Waals surface area contributed by atoms with E-state index in [2.05, 4.69) is 21.5 Å². The van der Waals surface area contributed by atoms with Crippen LogP contribution in [-0.4, -0.2) is 16.0 Å². The van der Waals surface area contributed by atoms with Gasteiger partial charge in [0, 0.05) is 19.4 Å². The van der Waals surface area contributed by atoms with Crippen molar-refractivity contribution in [2.45, 2.75) is 19.4 Å². The number of benzene rings is 1. The molecule has 0 atom stereocenters. The summed E-state index contributed by atoms with van der Waals surface area (Å²) in [5.74, 6) is 1.16. The lowest BCUT2D eigenvalue weighted by Crippen LogP contribution is -2.23. The minimum absolute atomic E-state index is 0.114. The van der Waals surface area contributed by atoms with Gasteiger partial charge in [0.15, 0.2) is 5.76 Å². The largest absolute Gasteiger partial charge is 0.461 e. The number of aromatic nitrogens is 2. The molecule has 0 fully saturated rings. The second-order valence-corrected chi connectivity index (χ2v) is 5.07. The highest BCUT2D eigenvalue weighted by Crippen LogP contribution is 2.16. The maximum atomic E-state index is 11.9. The molecular formula is C17H14N4O3. The number of aryl methyl sites for hydroxylation is 1. The summed E-state index contributed by atoms with van der Waals surface area (Å²) in [6.45, 7) is 0.409. The van der Waals surface area contributed by atoms with Crippen LogP contribution in [0.15, 0.2) is 51.6 Å². The van der Waals surface area contributed by atoms with Gasteiger partial charge in [-0.25, -0.2) is 0 Å². The van der Waals surface area contributed by atoms with Crippen LogP contribution in [0, 0.1) is 11.3 Å². The molecule has 0 aliphatic rings. The highest BCUT2D eigenvalue weighted by molar-refractivity contribution is 5.76. The van der Waals surface area contributed by atoms with Gasteiger partial charge < -0.3 is 14.3 Å². The molecule has 24 heavy (non-hydrogen) atoms. The standard InChI is InChI=1S/C17H14N4O3/c18-10-12-3-5-13(6-4-12)11-19-15(22)7-8-16-20-17(21-24-16)14-2-1-9-23-14/h1-6,9H,7-8,11H2,(H,19,22). The first-order valence-electron chi connectivity index (χ1n) is 7.37. The van der Waals surface area contributed by atoms with Gasteiger partial charge in [-0.3, -0.25) is 4.79 Å². The van der Waals surface area contributed by atoms with Gasteiger partial charge in [0.2, 0.25) is 17.6 Å². The zero-order valence-corrected chi connectivity index (χ0v) is 12.7. The Kier molecular flexibility index (Phi) is 4.68. The van der Waals surface area contributed by atoms with Gasteiger partial charge in [-0.2, -0.15) is 10.2 Å². The Morgan fingerprint density at radius 3 is 2.79 bits per heavy atom. The van der Waals surface area contributed by atoms with Gasteiger partial charge in [0.05, 0.1) is 17.9 Å². The van der Waals surface area contributed by atoms with Crippen molar-refractivity contribution < 1.29 is 13.7 Å². The number of hydrogen-bond acceptors (Lipinski definition) is 6. The molecule has 0 radical (unpaired) electrons. The summed E-state index contributed by atoms with van der Waals surface area (Å²) >= 11 is 0. The number of carbonyl (C=O) groups excluding carboxylic acids is 1. The molecule has 0 aliphatic heterocycles. The van der Waals surface area contributed by atoms with Crippen molar-refractivity contribution in [3.05, 3.63) is 59.7 Å². The van der Waals surface area contributed by atoms with Gasteiger partial charge in [0.1, 0.15) is 0 Å². The summed E-state index contributed by atoms with van der Waals surface area (Å²) in [4.78, 5) is 16.1. The summed E-state index contributed by atoms with van der Waals surface area (Å²) < 4.78 is 10.3. The molecule has 0 unspecified atom stereocenters. The highest BCUT2D eigenvalue weighted by atomic mass is 16.5. The first kappa shape index (κ1) is 15.5. The van der Waals surface area contributed by atoms with E-state index in [1.165, 1.54) is 6.26 Å². The lowest BCUT2D eigenvalue weighted by Gasteiger charge is -2.04. The fourth-order valence-electron chi connectivity index (χ4n) is 2.07. The summed E-state index contributed by atoms with van der Waals surface area (Å²) in [6.07, 6.45) is 2.13. The Hall–Kier alpha value is -3.40.